The Bertz CT molecular complexity index is 194. The number of methoxy groups -OCH3 is 1. The van der Waals surface area contributed by atoms with Crippen LogP contribution in [-0.2, 0) is 9.53 Å². The van der Waals surface area contributed by atoms with Crippen LogP contribution >= 0.6 is 0 Å². The number of ether oxygens (including phenoxy) is 1. The highest BCUT2D eigenvalue weighted by Gasteiger charge is 2.32. The second-order valence-corrected chi connectivity index (χ2v) is 4.07. The molecule has 0 radical (unpaired) electrons. The van der Waals surface area contributed by atoms with Gasteiger partial charge in [0, 0.05) is 19.7 Å². The average molecular weight is 199 g/mol. The van der Waals surface area contributed by atoms with Crippen LogP contribution in [0, 0.1) is 5.92 Å². The molecule has 0 bridgehead atoms. The number of hydrogen-bond acceptors (Lipinski definition) is 2. The molecule has 0 aliphatic carbocycles. The van der Waals surface area contributed by atoms with Crippen molar-refractivity contribution in [3.8, 4) is 0 Å². The van der Waals surface area contributed by atoms with Gasteiger partial charge in [-0.15, -0.1) is 0 Å². The number of amides is 1. The Balaban J connectivity index is 2.46. The predicted octanol–water partition coefficient (Wildman–Crippen LogP) is 1.67. The Morgan fingerprint density at radius 3 is 2.86 bits per heavy atom. The van der Waals surface area contributed by atoms with Crippen LogP contribution in [0.1, 0.15) is 33.1 Å². The molecule has 3 heteroatoms. The molecule has 82 valence electrons. The molecule has 0 aromatic heterocycles. The Morgan fingerprint density at radius 2 is 2.29 bits per heavy atom. The van der Waals surface area contributed by atoms with Gasteiger partial charge >= 0.3 is 0 Å². The third-order valence-corrected chi connectivity index (χ3v) is 3.14. The molecule has 0 saturated carbocycles. The van der Waals surface area contributed by atoms with Gasteiger partial charge in [-0.25, -0.2) is 0 Å². The van der Waals surface area contributed by atoms with Gasteiger partial charge in [-0.2, -0.15) is 0 Å². The zero-order chi connectivity index (χ0) is 10.6. The molecule has 1 heterocycles. The monoisotopic (exact) mass is 199 g/mol. The quantitative estimate of drug-likeness (QED) is 0.689. The van der Waals surface area contributed by atoms with E-state index in [4.69, 9.17) is 4.74 Å². The number of hydrogen-bond donors (Lipinski definition) is 0. The standard InChI is InChI=1S/C11H21NO2/c1-4-10-9(2)5-7-12(10)11(13)6-8-14-3/h9-10H,4-8H2,1-3H3. The average Bonchev–Trinajstić information content (AvgIpc) is 2.55. The van der Waals surface area contributed by atoms with E-state index in [1.165, 1.54) is 0 Å². The minimum absolute atomic E-state index is 0.253. The smallest absolute Gasteiger partial charge is 0.225 e. The highest BCUT2D eigenvalue weighted by molar-refractivity contribution is 5.77. The second-order valence-electron chi connectivity index (χ2n) is 4.07. The molecule has 0 N–H and O–H groups in total. The lowest BCUT2D eigenvalue weighted by molar-refractivity contribution is -0.133. The molecule has 1 rings (SSSR count). The first-order valence-corrected chi connectivity index (χ1v) is 5.49. The largest absolute Gasteiger partial charge is 0.384 e. The zero-order valence-corrected chi connectivity index (χ0v) is 9.45. The number of nitrogens with zero attached hydrogens (tertiary/aromatic N) is 1. The maximum absolute atomic E-state index is 11.8. The van der Waals surface area contributed by atoms with Crippen LogP contribution in [0.5, 0.6) is 0 Å². The molecule has 1 saturated heterocycles. The number of carbonyl (C=O) groups excluding carboxylic acids is 1. The van der Waals surface area contributed by atoms with Crippen molar-refractivity contribution >= 4 is 5.91 Å². The van der Waals surface area contributed by atoms with Crippen LogP contribution in [-0.4, -0.2) is 37.1 Å². The molecule has 1 amide bonds. The van der Waals surface area contributed by atoms with Crippen LogP contribution in [0.4, 0.5) is 0 Å². The van der Waals surface area contributed by atoms with E-state index >= 15 is 0 Å². The van der Waals surface area contributed by atoms with E-state index < -0.39 is 0 Å². The van der Waals surface area contributed by atoms with Crippen LogP contribution in [0.25, 0.3) is 0 Å². The van der Waals surface area contributed by atoms with Crippen molar-refractivity contribution in [1.82, 2.24) is 4.90 Å². The van der Waals surface area contributed by atoms with Gasteiger partial charge in [0.05, 0.1) is 13.0 Å². The molecular weight excluding hydrogens is 178 g/mol. The van der Waals surface area contributed by atoms with Gasteiger partial charge in [0.1, 0.15) is 0 Å². The molecule has 0 aromatic rings. The molecule has 1 fully saturated rings. The highest BCUT2D eigenvalue weighted by Crippen LogP contribution is 2.26. The Kier molecular flexibility index (Phi) is 4.39. The van der Waals surface area contributed by atoms with Gasteiger partial charge in [-0.3, -0.25) is 4.79 Å². The maximum atomic E-state index is 11.8. The lowest BCUT2D eigenvalue weighted by Gasteiger charge is -2.25. The van der Waals surface area contributed by atoms with Gasteiger partial charge < -0.3 is 9.64 Å². The van der Waals surface area contributed by atoms with Gasteiger partial charge in [0.25, 0.3) is 0 Å². The Labute approximate surface area is 86.4 Å². The summed E-state index contributed by atoms with van der Waals surface area (Å²) in [4.78, 5) is 13.8. The number of carbonyl (C=O) groups is 1. The summed E-state index contributed by atoms with van der Waals surface area (Å²) in [7, 11) is 1.64. The first-order valence-electron chi connectivity index (χ1n) is 5.49. The summed E-state index contributed by atoms with van der Waals surface area (Å²) >= 11 is 0. The van der Waals surface area contributed by atoms with Gasteiger partial charge in [-0.1, -0.05) is 13.8 Å². The molecule has 14 heavy (non-hydrogen) atoms. The van der Waals surface area contributed by atoms with Crippen molar-refractivity contribution in [2.24, 2.45) is 5.92 Å². The summed E-state index contributed by atoms with van der Waals surface area (Å²) in [6.45, 7) is 5.86. The number of likely N-dealkylation sites (tertiary alicyclic amines) is 1. The van der Waals surface area contributed by atoms with Crippen molar-refractivity contribution < 1.29 is 9.53 Å². The van der Waals surface area contributed by atoms with Crippen molar-refractivity contribution in [3.05, 3.63) is 0 Å². The lowest BCUT2D eigenvalue weighted by atomic mass is 10.0. The normalized spacial score (nSPS) is 26.9. The minimum atomic E-state index is 0.253. The first-order chi connectivity index (χ1) is 6.70. The highest BCUT2D eigenvalue weighted by atomic mass is 16.5. The van der Waals surface area contributed by atoms with Crippen molar-refractivity contribution in [2.45, 2.75) is 39.2 Å². The maximum Gasteiger partial charge on any atom is 0.225 e. The predicted molar refractivity (Wildman–Crippen MR) is 56.1 cm³/mol. The SMILES string of the molecule is CCC1C(C)CCN1C(=O)CCOC. The zero-order valence-electron chi connectivity index (χ0n) is 9.45. The fourth-order valence-corrected chi connectivity index (χ4v) is 2.27. The molecule has 1 aliphatic rings. The van der Waals surface area contributed by atoms with Gasteiger partial charge in [-0.05, 0) is 18.8 Å². The lowest BCUT2D eigenvalue weighted by Crippen LogP contribution is -2.37. The van der Waals surface area contributed by atoms with E-state index in [9.17, 15) is 4.79 Å². The van der Waals surface area contributed by atoms with Gasteiger partial charge in [0.15, 0.2) is 0 Å². The summed E-state index contributed by atoms with van der Waals surface area (Å²) in [5.74, 6) is 0.912. The summed E-state index contributed by atoms with van der Waals surface area (Å²) in [5, 5.41) is 0. The van der Waals surface area contributed by atoms with E-state index in [0.717, 1.165) is 19.4 Å². The van der Waals surface area contributed by atoms with Crippen LogP contribution in [0.3, 0.4) is 0 Å². The molecule has 1 aliphatic heterocycles. The van der Waals surface area contributed by atoms with Crippen LogP contribution in [0.2, 0.25) is 0 Å². The van der Waals surface area contributed by atoms with E-state index in [-0.39, 0.29) is 5.91 Å². The molecule has 3 nitrogen and oxygen atoms in total. The number of rotatable bonds is 4. The minimum Gasteiger partial charge on any atom is -0.384 e. The molecule has 0 aromatic carbocycles. The fourth-order valence-electron chi connectivity index (χ4n) is 2.27. The summed E-state index contributed by atoms with van der Waals surface area (Å²) in [6.07, 6.45) is 2.75. The van der Waals surface area contributed by atoms with E-state index in [0.29, 0.717) is 25.0 Å². The summed E-state index contributed by atoms with van der Waals surface area (Å²) in [6, 6.07) is 0.458. The third-order valence-electron chi connectivity index (χ3n) is 3.14. The summed E-state index contributed by atoms with van der Waals surface area (Å²) < 4.78 is 4.92. The Morgan fingerprint density at radius 1 is 1.57 bits per heavy atom. The van der Waals surface area contributed by atoms with Gasteiger partial charge in [0.2, 0.25) is 5.91 Å². The third kappa shape index (κ3) is 2.47. The van der Waals surface area contributed by atoms with Crippen LogP contribution < -0.4 is 0 Å². The topological polar surface area (TPSA) is 29.5 Å². The summed E-state index contributed by atoms with van der Waals surface area (Å²) in [5.41, 5.74) is 0. The van der Waals surface area contributed by atoms with Crippen LogP contribution in [0.15, 0.2) is 0 Å². The van der Waals surface area contributed by atoms with E-state index in [1.54, 1.807) is 7.11 Å². The van der Waals surface area contributed by atoms with Crippen molar-refractivity contribution in [1.29, 1.82) is 0 Å². The first kappa shape index (κ1) is 11.5. The Hall–Kier alpha value is -0.570. The fraction of sp³-hybridized carbons (Fsp3) is 0.909. The van der Waals surface area contributed by atoms with E-state index in [2.05, 4.69) is 13.8 Å². The van der Waals surface area contributed by atoms with E-state index in [1.807, 2.05) is 4.90 Å². The van der Waals surface area contributed by atoms with Crippen molar-refractivity contribution in [2.75, 3.05) is 20.3 Å². The van der Waals surface area contributed by atoms with Crippen molar-refractivity contribution in [3.63, 3.8) is 0 Å². The molecular formula is C11H21NO2. The molecule has 0 spiro atoms. The second kappa shape index (κ2) is 5.35. The molecule has 2 unspecified atom stereocenters. The molecule has 2 atom stereocenters.